The smallest absolute Gasteiger partial charge is 0 e. The zero-order chi connectivity index (χ0) is 0. The summed E-state index contributed by atoms with van der Waals surface area (Å²) in [5, 5.41) is 0. The number of hydrogen-bond donors (Lipinski definition) is 0. The maximum atomic E-state index is 0. The third-order valence-corrected chi connectivity index (χ3v) is 0. The van der Waals surface area contributed by atoms with Crippen molar-refractivity contribution in [3.63, 3.8) is 0 Å². The van der Waals surface area contributed by atoms with Crippen LogP contribution in [0.3, 0.4) is 0 Å². The Balaban J connectivity index is 0. The predicted molar refractivity (Wildman–Crippen MR) is 15.7 cm³/mol. The first kappa shape index (κ1) is 25.2. The minimum atomic E-state index is 0. The molecule has 0 N–H and O–H groups in total. The summed E-state index contributed by atoms with van der Waals surface area (Å²) < 4.78 is 0. The van der Waals surface area contributed by atoms with Gasteiger partial charge in [-0.1, -0.05) is 0 Å². The standard InChI is InChI=1S/Al.Ca.La.Ti.3H. The van der Waals surface area contributed by atoms with Crippen LogP contribution in [0.4, 0.5) is 0 Å². The molecule has 4 heavy (non-hydrogen) atoms. The van der Waals surface area contributed by atoms with E-state index in [0.717, 1.165) is 0 Å². The summed E-state index contributed by atoms with van der Waals surface area (Å²) >= 11 is 0. The second kappa shape index (κ2) is 15.9. The molecule has 3 radical (unpaired) electrons. The van der Waals surface area contributed by atoms with Crippen LogP contribution in [-0.2, 0) is 21.7 Å². The van der Waals surface area contributed by atoms with E-state index in [9.17, 15) is 0 Å². The molecule has 0 aromatic carbocycles. The van der Waals surface area contributed by atoms with E-state index in [4.69, 9.17) is 0 Å². The maximum absolute atomic E-state index is 0. The zero-order valence-corrected chi connectivity index (χ0v) is 9.18. The van der Waals surface area contributed by atoms with Crippen molar-refractivity contribution < 1.29 is 57.3 Å². The Morgan fingerprint density at radius 3 is 1.00 bits per heavy atom. The third-order valence-electron chi connectivity index (χ3n) is 0. The van der Waals surface area contributed by atoms with E-state index in [0.29, 0.717) is 0 Å². The van der Waals surface area contributed by atoms with Crippen molar-refractivity contribution in [2.75, 3.05) is 0 Å². The minimum absolute atomic E-state index is 0. The Kier molecular flexibility index (Phi) is 100. The molecule has 0 unspecified atom stereocenters. The van der Waals surface area contributed by atoms with Crippen LogP contribution in [0.1, 0.15) is 0 Å². The van der Waals surface area contributed by atoms with Crippen molar-refractivity contribution in [1.82, 2.24) is 0 Å². The number of rotatable bonds is 0. The maximum Gasteiger partial charge on any atom is 0.187 e. The summed E-state index contributed by atoms with van der Waals surface area (Å²) in [5.41, 5.74) is 0. The average Bonchev–Trinajstić information content (AvgIpc) is 0. The topological polar surface area (TPSA) is 0 Å². The van der Waals surface area contributed by atoms with E-state index in [-0.39, 0.29) is 112 Å². The first-order chi connectivity index (χ1) is 0. The molecule has 0 aromatic heterocycles. The van der Waals surface area contributed by atoms with Crippen LogP contribution < -0.4 is 0 Å². The van der Waals surface area contributed by atoms with Crippen molar-refractivity contribution in [3.8, 4) is 0 Å². The first-order valence-corrected chi connectivity index (χ1v) is 0. The van der Waals surface area contributed by atoms with Crippen molar-refractivity contribution in [2.45, 2.75) is 0 Å². The molecule has 0 saturated carbocycles. The summed E-state index contributed by atoms with van der Waals surface area (Å²) in [4.78, 5) is 0. The van der Waals surface area contributed by atoms with Crippen LogP contribution >= 0.6 is 0 Å². The zero-order valence-electron chi connectivity index (χ0n) is 1.78. The second-order valence-electron chi connectivity index (χ2n) is 0. The monoisotopic (exact) mass is 257 g/mol. The summed E-state index contributed by atoms with van der Waals surface area (Å²) in [5.74, 6) is 0. The normalized spacial score (nSPS) is 0. The van der Waals surface area contributed by atoms with E-state index in [2.05, 4.69) is 0 Å². The predicted octanol–water partition coefficient (Wildman–Crippen LogP) is -1.57. The van der Waals surface area contributed by atoms with Crippen LogP contribution in [0.25, 0.3) is 0 Å². The van der Waals surface area contributed by atoms with Gasteiger partial charge in [0, 0.05) is 95.1 Å². The van der Waals surface area contributed by atoms with Gasteiger partial charge in [0.2, 0.25) is 0 Å². The van der Waals surface area contributed by atoms with Gasteiger partial charge in [0.1, 0.15) is 0 Å². The Morgan fingerprint density at radius 2 is 1.00 bits per heavy atom. The molecule has 0 nitrogen and oxygen atoms in total. The molecule has 0 spiro atoms. The average molecular weight is 257 g/mol. The molecule has 0 aromatic rings. The largest absolute Gasteiger partial charge is 0.187 e. The molecule has 0 aliphatic carbocycles. The van der Waals surface area contributed by atoms with Crippen molar-refractivity contribution in [2.24, 2.45) is 0 Å². The molecular formula is H3AlCaLaTi. The van der Waals surface area contributed by atoms with Gasteiger partial charge in [-0.25, -0.2) is 0 Å². The summed E-state index contributed by atoms with van der Waals surface area (Å²) in [6.07, 6.45) is 0. The molecule has 0 bridgehead atoms. The van der Waals surface area contributed by atoms with Gasteiger partial charge in [0.05, 0.1) is 0 Å². The van der Waals surface area contributed by atoms with Gasteiger partial charge >= 0.3 is 0 Å². The molecule has 15 valence electrons. The van der Waals surface area contributed by atoms with Gasteiger partial charge in [0.15, 0.2) is 17.4 Å². The van der Waals surface area contributed by atoms with E-state index in [1.54, 1.807) is 0 Å². The van der Waals surface area contributed by atoms with Gasteiger partial charge in [-0.05, 0) is 0 Å². The Bertz CT molecular complexity index is 8.00. The fourth-order valence-electron chi connectivity index (χ4n) is 0. The molecule has 0 amide bonds. The molecule has 0 fully saturated rings. The van der Waals surface area contributed by atoms with E-state index in [1.807, 2.05) is 0 Å². The quantitative estimate of drug-likeness (QED) is 0.460. The Labute approximate surface area is 109 Å². The first-order valence-electron chi connectivity index (χ1n) is 0. The second-order valence-corrected chi connectivity index (χ2v) is 0. The Morgan fingerprint density at radius 1 is 1.00 bits per heavy atom. The van der Waals surface area contributed by atoms with Crippen LogP contribution in [0.2, 0.25) is 0 Å². The van der Waals surface area contributed by atoms with Crippen molar-refractivity contribution >= 4 is 55.1 Å². The van der Waals surface area contributed by atoms with Gasteiger partial charge in [0.25, 0.3) is 0 Å². The van der Waals surface area contributed by atoms with Crippen LogP contribution in [-0.4, -0.2) is 55.1 Å². The van der Waals surface area contributed by atoms with E-state index < -0.39 is 0 Å². The van der Waals surface area contributed by atoms with Crippen molar-refractivity contribution in [3.05, 3.63) is 0 Å². The van der Waals surface area contributed by atoms with Gasteiger partial charge < -0.3 is 0 Å². The van der Waals surface area contributed by atoms with E-state index in [1.165, 1.54) is 0 Å². The van der Waals surface area contributed by atoms with Gasteiger partial charge in [-0.2, -0.15) is 0 Å². The summed E-state index contributed by atoms with van der Waals surface area (Å²) in [6.45, 7) is 0. The Hall–Kier alpha value is 3.70. The molecule has 0 atom stereocenters. The molecule has 0 aliphatic rings. The number of hydrogen-bond acceptors (Lipinski definition) is 0. The summed E-state index contributed by atoms with van der Waals surface area (Å²) in [7, 11) is 0. The van der Waals surface area contributed by atoms with Crippen molar-refractivity contribution in [1.29, 1.82) is 0 Å². The SMILES string of the molecule is [AlH3].[Ca].[La].[Ti]. The van der Waals surface area contributed by atoms with E-state index >= 15 is 0 Å². The molecule has 0 heterocycles. The fourth-order valence-corrected chi connectivity index (χ4v) is 0. The van der Waals surface area contributed by atoms with Crippen LogP contribution in [0.15, 0.2) is 0 Å². The fraction of sp³-hybridized carbons (Fsp3) is 0. The minimum Gasteiger partial charge on any atom is 0 e. The summed E-state index contributed by atoms with van der Waals surface area (Å²) in [6, 6.07) is 0. The van der Waals surface area contributed by atoms with Gasteiger partial charge in [-0.15, -0.1) is 0 Å². The molecule has 0 aliphatic heterocycles. The third kappa shape index (κ3) is 9.20. The molecule has 0 saturated heterocycles. The molecule has 4 heteroatoms. The van der Waals surface area contributed by atoms with Gasteiger partial charge in [-0.3, -0.25) is 0 Å². The van der Waals surface area contributed by atoms with Crippen LogP contribution in [0, 0.1) is 35.6 Å². The molecular weight excluding hydrogens is 254 g/mol. The van der Waals surface area contributed by atoms with Crippen LogP contribution in [0.5, 0.6) is 0 Å². The molecule has 0 rings (SSSR count).